The summed E-state index contributed by atoms with van der Waals surface area (Å²) in [6.07, 6.45) is 3.13. The van der Waals surface area contributed by atoms with Crippen LogP contribution in [0.3, 0.4) is 0 Å². The number of carbonyl (C=O) groups is 2. The molecule has 3 rings (SSSR count). The van der Waals surface area contributed by atoms with Gasteiger partial charge in [-0.2, -0.15) is 0 Å². The van der Waals surface area contributed by atoms with Gasteiger partial charge in [-0.3, -0.25) is 9.59 Å². The van der Waals surface area contributed by atoms with Crippen molar-refractivity contribution in [1.29, 1.82) is 0 Å². The molecule has 0 fully saturated rings. The van der Waals surface area contributed by atoms with Gasteiger partial charge in [-0.05, 0) is 44.2 Å². The van der Waals surface area contributed by atoms with Crippen LogP contribution in [0.2, 0.25) is 10.0 Å². The molecule has 2 amide bonds. The maximum Gasteiger partial charge on any atom is 0.261 e. The van der Waals surface area contributed by atoms with Crippen molar-refractivity contribution in [2.24, 2.45) is 0 Å². The number of halogens is 2. The van der Waals surface area contributed by atoms with Crippen LogP contribution in [-0.2, 0) is 9.59 Å². The van der Waals surface area contributed by atoms with Crippen molar-refractivity contribution >= 4 is 40.7 Å². The monoisotopic (exact) mass is 365 g/mol. The molecule has 0 aromatic heterocycles. The van der Waals surface area contributed by atoms with E-state index in [1.165, 1.54) is 6.07 Å². The van der Waals surface area contributed by atoms with Crippen LogP contribution >= 0.6 is 23.2 Å². The molecule has 24 heavy (non-hydrogen) atoms. The molecule has 0 unspecified atom stereocenters. The summed E-state index contributed by atoms with van der Waals surface area (Å²) in [6.45, 7) is 5.89. The van der Waals surface area contributed by atoms with Crippen LogP contribution in [0.5, 0.6) is 5.75 Å². The Morgan fingerprint density at radius 2 is 1.71 bits per heavy atom. The fraction of sp³-hybridized carbons (Fsp3) is 0.333. The number of hydrogen-bond acceptors (Lipinski definition) is 3. The number of amides is 2. The van der Waals surface area contributed by atoms with Gasteiger partial charge in [-0.15, -0.1) is 0 Å². The predicted molar refractivity (Wildman–Crippen MR) is 94.8 cm³/mol. The molecule has 0 saturated heterocycles. The zero-order valence-corrected chi connectivity index (χ0v) is 14.8. The first kappa shape index (κ1) is 17.1. The highest BCUT2D eigenvalue weighted by Gasteiger charge is 2.40. The SMILES string of the molecule is C=C(C)COc1cc(N2C(=O)C3=C(CCCC3)C2=O)c(Cl)cc1Cl. The largest absolute Gasteiger partial charge is 0.488 e. The number of carbonyl (C=O) groups excluding carboxylic acids is 2. The third-order valence-corrected chi connectivity index (χ3v) is 4.70. The van der Waals surface area contributed by atoms with Gasteiger partial charge in [0.25, 0.3) is 11.8 Å². The molecule has 126 valence electrons. The summed E-state index contributed by atoms with van der Waals surface area (Å²) in [5.74, 6) is -0.209. The van der Waals surface area contributed by atoms with E-state index < -0.39 is 0 Å². The predicted octanol–water partition coefficient (Wildman–Crippen LogP) is 4.69. The van der Waals surface area contributed by atoms with Crippen molar-refractivity contribution in [2.45, 2.75) is 32.6 Å². The minimum atomic E-state index is -0.287. The lowest BCUT2D eigenvalue weighted by atomic mass is 9.93. The molecule has 2 aliphatic rings. The first-order valence-corrected chi connectivity index (χ1v) is 8.52. The maximum atomic E-state index is 12.7. The average molecular weight is 366 g/mol. The van der Waals surface area contributed by atoms with E-state index in [0.717, 1.165) is 23.3 Å². The summed E-state index contributed by atoms with van der Waals surface area (Å²) in [5, 5.41) is 0.561. The van der Waals surface area contributed by atoms with Gasteiger partial charge in [0.05, 0.1) is 15.7 Å². The number of rotatable bonds is 4. The lowest BCUT2D eigenvalue weighted by Crippen LogP contribution is -2.31. The van der Waals surface area contributed by atoms with Crippen LogP contribution in [0.15, 0.2) is 35.4 Å². The van der Waals surface area contributed by atoms with Crippen molar-refractivity contribution in [3.05, 3.63) is 45.5 Å². The third-order valence-electron chi connectivity index (χ3n) is 4.11. The minimum Gasteiger partial charge on any atom is -0.488 e. The molecule has 4 nitrogen and oxygen atoms in total. The van der Waals surface area contributed by atoms with Gasteiger partial charge in [-0.25, -0.2) is 4.90 Å². The molecule has 1 heterocycles. The van der Waals surface area contributed by atoms with Crippen LogP contribution in [0, 0.1) is 0 Å². The smallest absolute Gasteiger partial charge is 0.261 e. The fourth-order valence-corrected chi connectivity index (χ4v) is 3.48. The van der Waals surface area contributed by atoms with Crippen LogP contribution in [0.4, 0.5) is 5.69 Å². The normalized spacial score (nSPS) is 17.4. The van der Waals surface area contributed by atoms with Crippen molar-refractivity contribution in [2.75, 3.05) is 11.5 Å². The topological polar surface area (TPSA) is 46.6 Å². The van der Waals surface area contributed by atoms with Crippen molar-refractivity contribution < 1.29 is 14.3 Å². The Hall–Kier alpha value is -1.78. The molecular formula is C18H17Cl2NO3. The Kier molecular flexibility index (Phi) is 4.70. The highest BCUT2D eigenvalue weighted by Crippen LogP contribution is 2.41. The Morgan fingerprint density at radius 1 is 1.12 bits per heavy atom. The van der Waals surface area contributed by atoms with Crippen LogP contribution in [-0.4, -0.2) is 18.4 Å². The number of ether oxygens (including phenoxy) is 1. The first-order chi connectivity index (χ1) is 11.4. The van der Waals surface area contributed by atoms with E-state index in [1.807, 2.05) is 6.92 Å². The molecule has 0 radical (unpaired) electrons. The van der Waals surface area contributed by atoms with E-state index >= 15 is 0 Å². The zero-order valence-electron chi connectivity index (χ0n) is 13.3. The standard InChI is InChI=1S/C18H17Cl2NO3/c1-10(2)9-24-16-8-15(13(19)7-14(16)20)21-17(22)11-5-3-4-6-12(11)18(21)23/h7-8H,1,3-6,9H2,2H3. The van der Waals surface area contributed by atoms with E-state index in [4.69, 9.17) is 27.9 Å². The van der Waals surface area contributed by atoms with E-state index in [9.17, 15) is 9.59 Å². The number of benzene rings is 1. The average Bonchev–Trinajstić information content (AvgIpc) is 2.79. The molecule has 0 atom stereocenters. The Balaban J connectivity index is 1.97. The quantitative estimate of drug-likeness (QED) is 0.574. The molecule has 0 saturated carbocycles. The summed E-state index contributed by atoms with van der Waals surface area (Å²) in [4.78, 5) is 26.5. The van der Waals surface area contributed by atoms with Gasteiger partial charge < -0.3 is 4.74 Å². The summed E-state index contributed by atoms with van der Waals surface area (Å²) in [6, 6.07) is 3.03. The summed E-state index contributed by atoms with van der Waals surface area (Å²) < 4.78 is 5.59. The summed E-state index contributed by atoms with van der Waals surface area (Å²) in [5.41, 5.74) is 2.36. The Morgan fingerprint density at radius 3 is 2.25 bits per heavy atom. The second-order valence-corrected chi connectivity index (χ2v) is 6.90. The van der Waals surface area contributed by atoms with Gasteiger partial charge in [0.15, 0.2) is 0 Å². The van der Waals surface area contributed by atoms with E-state index in [2.05, 4.69) is 6.58 Å². The summed E-state index contributed by atoms with van der Waals surface area (Å²) in [7, 11) is 0. The molecule has 6 heteroatoms. The van der Waals surface area contributed by atoms with E-state index in [1.54, 1.807) is 6.07 Å². The molecule has 0 N–H and O–H groups in total. The van der Waals surface area contributed by atoms with E-state index in [0.29, 0.717) is 40.4 Å². The molecule has 0 spiro atoms. The van der Waals surface area contributed by atoms with Crippen LogP contribution < -0.4 is 9.64 Å². The lowest BCUT2D eigenvalue weighted by Gasteiger charge is -2.19. The van der Waals surface area contributed by atoms with Gasteiger partial charge in [0.2, 0.25) is 0 Å². The molecule has 1 aromatic rings. The second kappa shape index (κ2) is 6.61. The minimum absolute atomic E-state index is 0.240. The maximum absolute atomic E-state index is 12.7. The number of anilines is 1. The lowest BCUT2D eigenvalue weighted by molar-refractivity contribution is -0.120. The molecular weight excluding hydrogens is 349 g/mol. The summed E-state index contributed by atoms with van der Waals surface area (Å²) >= 11 is 12.4. The Labute approximate surface area is 150 Å². The molecule has 1 aliphatic heterocycles. The highest BCUT2D eigenvalue weighted by molar-refractivity contribution is 6.41. The molecule has 1 aromatic carbocycles. The van der Waals surface area contributed by atoms with Crippen molar-refractivity contribution in [1.82, 2.24) is 0 Å². The van der Waals surface area contributed by atoms with Gasteiger partial charge in [0, 0.05) is 17.2 Å². The van der Waals surface area contributed by atoms with Crippen molar-refractivity contribution in [3.63, 3.8) is 0 Å². The van der Waals surface area contributed by atoms with E-state index in [-0.39, 0.29) is 23.4 Å². The fourth-order valence-electron chi connectivity index (χ4n) is 2.96. The first-order valence-electron chi connectivity index (χ1n) is 7.77. The number of hydrogen-bond donors (Lipinski definition) is 0. The third kappa shape index (κ3) is 2.96. The van der Waals surface area contributed by atoms with Crippen molar-refractivity contribution in [3.8, 4) is 5.75 Å². The van der Waals surface area contributed by atoms with Crippen LogP contribution in [0.25, 0.3) is 0 Å². The highest BCUT2D eigenvalue weighted by atomic mass is 35.5. The van der Waals surface area contributed by atoms with Gasteiger partial charge in [-0.1, -0.05) is 29.8 Å². The van der Waals surface area contributed by atoms with Gasteiger partial charge in [0.1, 0.15) is 12.4 Å². The van der Waals surface area contributed by atoms with Crippen LogP contribution in [0.1, 0.15) is 32.6 Å². The number of nitrogens with zero attached hydrogens (tertiary/aromatic N) is 1. The molecule has 0 bridgehead atoms. The molecule has 1 aliphatic carbocycles. The zero-order chi connectivity index (χ0) is 17.4. The number of imide groups is 1. The van der Waals surface area contributed by atoms with Gasteiger partial charge >= 0.3 is 0 Å². The second-order valence-electron chi connectivity index (χ2n) is 6.09. The Bertz CT molecular complexity index is 755.